The molecule has 0 N–H and O–H groups in total. The number of allylic oxidation sites excluding steroid dienone is 8. The van der Waals surface area contributed by atoms with E-state index < -0.39 is 0 Å². The van der Waals surface area contributed by atoms with Gasteiger partial charge in [0.05, 0.1) is 0 Å². The molecule has 0 aromatic heterocycles. The molecule has 0 radical (unpaired) electrons. The molecule has 1 heterocycles. The van der Waals surface area contributed by atoms with Crippen LogP contribution in [0.2, 0.25) is 0 Å². The molecule has 0 unspecified atom stereocenters. The zero-order valence-corrected chi connectivity index (χ0v) is 39.7. The Labute approximate surface area is 385 Å². The lowest BCUT2D eigenvalue weighted by molar-refractivity contribution is 0.613. The molecule has 0 bridgehead atoms. The molecule has 0 spiro atoms. The highest BCUT2D eigenvalue weighted by Gasteiger charge is 2.30. The van der Waals surface area contributed by atoms with Gasteiger partial charge in [-0.1, -0.05) is 204 Å². The minimum absolute atomic E-state index is 0.257. The van der Waals surface area contributed by atoms with Gasteiger partial charge in [-0.2, -0.15) is 0 Å². The lowest BCUT2D eigenvalue weighted by Gasteiger charge is -2.35. The predicted molar refractivity (Wildman–Crippen MR) is 281 cm³/mol. The summed E-state index contributed by atoms with van der Waals surface area (Å²) in [6, 6.07) is 49.6. The summed E-state index contributed by atoms with van der Waals surface area (Å²) in [6.07, 6.45) is 20.9. The fourth-order valence-electron chi connectivity index (χ4n) is 9.41. The van der Waals surface area contributed by atoms with Gasteiger partial charge in [0.2, 0.25) is 0 Å². The minimum atomic E-state index is -0.257. The van der Waals surface area contributed by atoms with Crippen LogP contribution in [0.1, 0.15) is 102 Å². The molecule has 0 saturated heterocycles. The zero-order valence-electron chi connectivity index (χ0n) is 39.7. The Morgan fingerprint density at radius 2 is 1.36 bits per heavy atom. The van der Waals surface area contributed by atoms with Crippen molar-refractivity contribution in [1.29, 1.82) is 0 Å². The number of benzene rings is 6. The Bertz CT molecular complexity index is 2700. The Morgan fingerprint density at radius 1 is 0.719 bits per heavy atom. The first kappa shape index (κ1) is 45.6. The molecule has 6 aromatic rings. The molecule has 2 heteroatoms. The van der Waals surface area contributed by atoms with Crippen LogP contribution in [0, 0.1) is 5.92 Å². The summed E-state index contributed by atoms with van der Waals surface area (Å²) in [5.74, 6) is 0.346. The number of anilines is 4. The second-order valence-corrected chi connectivity index (χ2v) is 18.3. The zero-order chi connectivity index (χ0) is 45.2. The van der Waals surface area contributed by atoms with E-state index in [1.165, 1.54) is 83.7 Å². The van der Waals surface area contributed by atoms with Crippen LogP contribution in [0.25, 0.3) is 22.9 Å². The monoisotopic (exact) mass is 841 g/mol. The lowest BCUT2D eigenvalue weighted by atomic mass is 9.74. The molecule has 0 fully saturated rings. The standard InChI is InChI=1S/C62H68N2/c1-10-24-50-27-14-17-34-57(50)63(42-20-12-13-25-45(3)4)60-37-23-32-54-49(30-22-33-55(54)60)39-38-48-26-21-31-53(43-48)62(8,9)56(46(5)6)44-61(47(7)11-2)64-58-35-18-15-28-51(58)40-41-52-29-16-19-36-59(52)64/h12-23,25-39,43-44,47H,3,10-11,24,40-42H2,1-2,4-9H3/b20-12-,25-13-,39-38+,61-44+/t47-/m0/s1. The van der Waals surface area contributed by atoms with E-state index in [9.17, 15) is 0 Å². The topological polar surface area (TPSA) is 6.48 Å². The molecule has 0 aliphatic carbocycles. The number of fused-ring (bicyclic) bond motifs is 3. The van der Waals surface area contributed by atoms with Crippen LogP contribution in [-0.2, 0) is 24.7 Å². The second-order valence-electron chi connectivity index (χ2n) is 18.3. The van der Waals surface area contributed by atoms with Crippen molar-refractivity contribution in [3.63, 3.8) is 0 Å². The maximum atomic E-state index is 4.02. The lowest BCUT2D eigenvalue weighted by Crippen LogP contribution is -2.26. The molecule has 6 aromatic carbocycles. The van der Waals surface area contributed by atoms with Crippen LogP contribution >= 0.6 is 0 Å². The SMILES string of the molecule is C=C(C)/C=C\C=C/CN(c1ccccc1CCC)c1cccc2c(/C=C/c3cccc(C(C)(C)C(/C=C(\[C@@H](C)CC)N4c5ccccc5CCc5ccccc54)=C(C)C)c3)cccc12. The number of para-hydroxylation sites is 3. The summed E-state index contributed by atoms with van der Waals surface area (Å²) in [6.45, 7) is 23.1. The molecule has 1 atom stereocenters. The van der Waals surface area contributed by atoms with Crippen molar-refractivity contribution in [2.45, 2.75) is 92.9 Å². The molecule has 1 aliphatic rings. The van der Waals surface area contributed by atoms with E-state index in [-0.39, 0.29) is 5.41 Å². The number of hydrogen-bond acceptors (Lipinski definition) is 2. The number of nitrogens with zero attached hydrogens (tertiary/aromatic N) is 2. The van der Waals surface area contributed by atoms with E-state index in [0.29, 0.717) is 5.92 Å². The van der Waals surface area contributed by atoms with Gasteiger partial charge in [0.25, 0.3) is 0 Å². The third-order valence-corrected chi connectivity index (χ3v) is 13.0. The molecule has 0 saturated carbocycles. The summed E-state index contributed by atoms with van der Waals surface area (Å²) >= 11 is 0. The molecule has 2 nitrogen and oxygen atoms in total. The molecular formula is C62H68N2. The fourth-order valence-corrected chi connectivity index (χ4v) is 9.41. The summed E-state index contributed by atoms with van der Waals surface area (Å²) in [5, 5.41) is 2.48. The van der Waals surface area contributed by atoms with Crippen LogP contribution < -0.4 is 9.80 Å². The Balaban J connectivity index is 1.25. The van der Waals surface area contributed by atoms with Crippen LogP contribution in [0.4, 0.5) is 22.7 Å². The second kappa shape index (κ2) is 20.9. The quantitative estimate of drug-likeness (QED) is 0.0708. The molecule has 64 heavy (non-hydrogen) atoms. The van der Waals surface area contributed by atoms with Gasteiger partial charge in [0, 0.05) is 45.8 Å². The Kier molecular flexibility index (Phi) is 14.9. The highest BCUT2D eigenvalue weighted by atomic mass is 15.2. The number of hydrogen-bond donors (Lipinski definition) is 0. The molecular weight excluding hydrogens is 773 g/mol. The first-order chi connectivity index (χ1) is 31.0. The average molecular weight is 841 g/mol. The van der Waals surface area contributed by atoms with Gasteiger partial charge in [0.1, 0.15) is 0 Å². The highest BCUT2D eigenvalue weighted by molar-refractivity contribution is 6.01. The van der Waals surface area contributed by atoms with Crippen LogP contribution in [0.5, 0.6) is 0 Å². The van der Waals surface area contributed by atoms with Crippen molar-refractivity contribution in [3.05, 3.63) is 226 Å². The van der Waals surface area contributed by atoms with Crippen molar-refractivity contribution in [1.82, 2.24) is 0 Å². The number of rotatable bonds is 16. The van der Waals surface area contributed by atoms with E-state index in [0.717, 1.165) is 44.2 Å². The van der Waals surface area contributed by atoms with E-state index in [1.54, 1.807) is 0 Å². The van der Waals surface area contributed by atoms with E-state index in [4.69, 9.17) is 0 Å². The first-order valence-corrected chi connectivity index (χ1v) is 23.5. The summed E-state index contributed by atoms with van der Waals surface area (Å²) in [5.41, 5.74) is 17.8. The van der Waals surface area contributed by atoms with Gasteiger partial charge in [0.15, 0.2) is 0 Å². The highest BCUT2D eigenvalue weighted by Crippen LogP contribution is 2.44. The Morgan fingerprint density at radius 3 is 2.05 bits per heavy atom. The van der Waals surface area contributed by atoms with Gasteiger partial charge in [-0.3, -0.25) is 0 Å². The fraction of sp³-hybridized carbons (Fsp3) is 0.258. The predicted octanol–water partition coefficient (Wildman–Crippen LogP) is 17.3. The van der Waals surface area contributed by atoms with Crippen molar-refractivity contribution < 1.29 is 0 Å². The summed E-state index contributed by atoms with van der Waals surface area (Å²) < 4.78 is 0. The maximum absolute atomic E-state index is 4.02. The first-order valence-electron chi connectivity index (χ1n) is 23.5. The van der Waals surface area contributed by atoms with E-state index in [1.807, 2.05) is 6.92 Å². The number of aryl methyl sites for hydroxylation is 3. The van der Waals surface area contributed by atoms with E-state index >= 15 is 0 Å². The molecule has 0 amide bonds. The van der Waals surface area contributed by atoms with Crippen LogP contribution in [-0.4, -0.2) is 6.54 Å². The van der Waals surface area contributed by atoms with Gasteiger partial charge in [-0.25, -0.2) is 0 Å². The van der Waals surface area contributed by atoms with E-state index in [2.05, 4.69) is 241 Å². The smallest absolute Gasteiger partial charge is 0.0493 e. The van der Waals surface area contributed by atoms with Crippen molar-refractivity contribution >= 4 is 45.7 Å². The van der Waals surface area contributed by atoms with Crippen molar-refractivity contribution in [2.24, 2.45) is 5.92 Å². The van der Waals surface area contributed by atoms with Gasteiger partial charge in [-0.15, -0.1) is 0 Å². The van der Waals surface area contributed by atoms with Crippen LogP contribution in [0.15, 0.2) is 193 Å². The third-order valence-electron chi connectivity index (χ3n) is 13.0. The molecule has 326 valence electrons. The molecule has 1 aliphatic heterocycles. The van der Waals surface area contributed by atoms with Gasteiger partial charge < -0.3 is 9.80 Å². The largest absolute Gasteiger partial charge is 0.337 e. The van der Waals surface area contributed by atoms with Gasteiger partial charge in [-0.05, 0) is 127 Å². The molecule has 7 rings (SSSR count). The van der Waals surface area contributed by atoms with Crippen molar-refractivity contribution in [2.75, 3.05) is 16.3 Å². The van der Waals surface area contributed by atoms with Crippen LogP contribution in [0.3, 0.4) is 0 Å². The third kappa shape index (κ3) is 10.2. The average Bonchev–Trinajstić information content (AvgIpc) is 3.46. The normalized spacial score (nSPS) is 13.6. The maximum Gasteiger partial charge on any atom is 0.0493 e. The van der Waals surface area contributed by atoms with Gasteiger partial charge >= 0.3 is 0 Å². The Hall–Kier alpha value is -6.38. The minimum Gasteiger partial charge on any atom is -0.337 e. The summed E-state index contributed by atoms with van der Waals surface area (Å²) in [4.78, 5) is 5.06. The van der Waals surface area contributed by atoms with Crippen molar-refractivity contribution in [3.8, 4) is 0 Å². The summed E-state index contributed by atoms with van der Waals surface area (Å²) in [7, 11) is 0.